The van der Waals surface area contributed by atoms with Crippen molar-refractivity contribution in [2.24, 2.45) is 0 Å². The number of anilines is 2. The van der Waals surface area contributed by atoms with Crippen molar-refractivity contribution in [3.63, 3.8) is 0 Å². The number of ether oxygens (including phenoxy) is 2. The molecule has 0 radical (unpaired) electrons. The predicted octanol–water partition coefficient (Wildman–Crippen LogP) is 3.53. The number of aromatic amines is 1. The number of fused-ring (bicyclic) bond motifs is 2. The SMILES string of the molecule is CCOC(=O)c1c(C)[nH]c2c1CCC2=C1C(=O)Nc2ccc(N3CCOC[C@H]3C)cc21. The van der Waals surface area contributed by atoms with Crippen molar-refractivity contribution in [2.75, 3.05) is 36.6 Å². The molecule has 1 fully saturated rings. The molecule has 0 bridgehead atoms. The highest BCUT2D eigenvalue weighted by Crippen LogP contribution is 2.45. The fourth-order valence-corrected chi connectivity index (χ4v) is 5.03. The van der Waals surface area contributed by atoms with Crippen LogP contribution in [0.15, 0.2) is 18.2 Å². The number of amides is 1. The quantitative estimate of drug-likeness (QED) is 0.585. The molecule has 31 heavy (non-hydrogen) atoms. The zero-order chi connectivity index (χ0) is 21.7. The van der Waals surface area contributed by atoms with Gasteiger partial charge in [-0.2, -0.15) is 0 Å². The number of esters is 1. The zero-order valence-corrected chi connectivity index (χ0v) is 18.1. The molecule has 0 spiro atoms. The highest BCUT2D eigenvalue weighted by Gasteiger charge is 2.35. The first-order valence-corrected chi connectivity index (χ1v) is 10.9. The molecule has 3 heterocycles. The van der Waals surface area contributed by atoms with Crippen LogP contribution in [0.4, 0.5) is 11.4 Å². The number of carbonyl (C=O) groups is 2. The number of nitrogens with one attached hydrogen (secondary N) is 2. The minimum absolute atomic E-state index is 0.0880. The van der Waals surface area contributed by atoms with Crippen molar-refractivity contribution in [1.29, 1.82) is 0 Å². The van der Waals surface area contributed by atoms with E-state index in [2.05, 4.69) is 34.3 Å². The third-order valence-corrected chi connectivity index (χ3v) is 6.45. The minimum atomic E-state index is -0.302. The van der Waals surface area contributed by atoms with Crippen LogP contribution in [-0.4, -0.2) is 49.3 Å². The average Bonchev–Trinajstić information content (AvgIpc) is 3.38. The fraction of sp³-hybridized carbons (Fsp3) is 0.417. The van der Waals surface area contributed by atoms with Crippen molar-refractivity contribution < 1.29 is 19.1 Å². The number of benzene rings is 1. The van der Waals surface area contributed by atoms with Gasteiger partial charge in [0.2, 0.25) is 0 Å². The summed E-state index contributed by atoms with van der Waals surface area (Å²) in [6, 6.07) is 6.44. The largest absolute Gasteiger partial charge is 0.462 e. The van der Waals surface area contributed by atoms with Gasteiger partial charge in [0.1, 0.15) is 0 Å². The van der Waals surface area contributed by atoms with E-state index in [4.69, 9.17) is 9.47 Å². The van der Waals surface area contributed by atoms with E-state index in [1.165, 1.54) is 0 Å². The average molecular weight is 421 g/mol. The van der Waals surface area contributed by atoms with Gasteiger partial charge < -0.3 is 24.7 Å². The van der Waals surface area contributed by atoms with Gasteiger partial charge in [0.05, 0.1) is 31.0 Å². The van der Waals surface area contributed by atoms with E-state index in [9.17, 15) is 9.59 Å². The summed E-state index contributed by atoms with van der Waals surface area (Å²) in [5.74, 6) is -0.390. The number of aromatic nitrogens is 1. The number of H-pyrrole nitrogens is 1. The van der Waals surface area contributed by atoms with Gasteiger partial charge in [-0.3, -0.25) is 4.79 Å². The number of aryl methyl sites for hydroxylation is 1. The Bertz CT molecular complexity index is 1110. The van der Waals surface area contributed by atoms with Gasteiger partial charge in [0.25, 0.3) is 5.91 Å². The van der Waals surface area contributed by atoms with Gasteiger partial charge >= 0.3 is 5.97 Å². The molecule has 1 saturated heterocycles. The second-order valence-electron chi connectivity index (χ2n) is 8.35. The molecular formula is C24H27N3O4. The lowest BCUT2D eigenvalue weighted by molar-refractivity contribution is -0.110. The monoisotopic (exact) mass is 421 g/mol. The molecule has 1 amide bonds. The summed E-state index contributed by atoms with van der Waals surface area (Å²) in [7, 11) is 0. The molecule has 1 atom stereocenters. The highest BCUT2D eigenvalue weighted by atomic mass is 16.5. The molecule has 3 aliphatic rings. The van der Waals surface area contributed by atoms with Crippen molar-refractivity contribution >= 4 is 34.4 Å². The Labute approximate surface area is 181 Å². The number of carbonyl (C=O) groups excluding carboxylic acids is 2. The predicted molar refractivity (Wildman–Crippen MR) is 119 cm³/mol. The molecule has 1 aliphatic carbocycles. The molecule has 0 unspecified atom stereocenters. The molecule has 2 N–H and O–H groups in total. The summed E-state index contributed by atoms with van der Waals surface area (Å²) in [5.41, 5.74) is 7.77. The summed E-state index contributed by atoms with van der Waals surface area (Å²) in [6.07, 6.45) is 1.43. The summed E-state index contributed by atoms with van der Waals surface area (Å²) in [5, 5.41) is 3.02. The van der Waals surface area contributed by atoms with E-state index < -0.39 is 0 Å². The van der Waals surface area contributed by atoms with Gasteiger partial charge in [-0.1, -0.05) is 0 Å². The van der Waals surface area contributed by atoms with Crippen LogP contribution < -0.4 is 10.2 Å². The second-order valence-corrected chi connectivity index (χ2v) is 8.35. The summed E-state index contributed by atoms with van der Waals surface area (Å²) in [6.45, 7) is 8.41. The Morgan fingerprint density at radius 3 is 2.94 bits per heavy atom. The van der Waals surface area contributed by atoms with Gasteiger partial charge in [-0.25, -0.2) is 4.79 Å². The summed E-state index contributed by atoms with van der Waals surface area (Å²) < 4.78 is 10.8. The Balaban J connectivity index is 1.59. The smallest absolute Gasteiger partial charge is 0.340 e. The molecule has 1 aromatic carbocycles. The molecule has 162 valence electrons. The summed E-state index contributed by atoms with van der Waals surface area (Å²) in [4.78, 5) is 31.2. The third kappa shape index (κ3) is 3.15. The second kappa shape index (κ2) is 7.57. The van der Waals surface area contributed by atoms with Crippen molar-refractivity contribution in [3.05, 3.63) is 46.3 Å². The van der Waals surface area contributed by atoms with Gasteiger partial charge in [-0.15, -0.1) is 0 Å². The first-order valence-electron chi connectivity index (χ1n) is 10.9. The Morgan fingerprint density at radius 1 is 1.32 bits per heavy atom. The third-order valence-electron chi connectivity index (χ3n) is 6.45. The lowest BCUT2D eigenvalue weighted by Gasteiger charge is -2.35. The van der Waals surface area contributed by atoms with Gasteiger partial charge in [0.15, 0.2) is 0 Å². The van der Waals surface area contributed by atoms with Crippen LogP contribution in [0, 0.1) is 6.92 Å². The van der Waals surface area contributed by atoms with E-state index in [1.54, 1.807) is 6.92 Å². The first kappa shape index (κ1) is 19.9. The van der Waals surface area contributed by atoms with Crippen LogP contribution in [-0.2, 0) is 20.7 Å². The molecule has 1 aromatic heterocycles. The van der Waals surface area contributed by atoms with Crippen LogP contribution in [0.3, 0.4) is 0 Å². The molecular weight excluding hydrogens is 394 g/mol. The number of allylic oxidation sites excluding steroid dienone is 1. The van der Waals surface area contributed by atoms with Crippen LogP contribution in [0.25, 0.3) is 11.1 Å². The van der Waals surface area contributed by atoms with E-state index in [0.29, 0.717) is 37.4 Å². The van der Waals surface area contributed by atoms with Gasteiger partial charge in [0, 0.05) is 40.9 Å². The van der Waals surface area contributed by atoms with Crippen LogP contribution in [0.5, 0.6) is 0 Å². The topological polar surface area (TPSA) is 83.7 Å². The number of hydrogen-bond acceptors (Lipinski definition) is 5. The first-order chi connectivity index (χ1) is 15.0. The van der Waals surface area contributed by atoms with Crippen molar-refractivity contribution in [1.82, 2.24) is 4.98 Å². The Hall–Kier alpha value is -3.06. The van der Waals surface area contributed by atoms with Gasteiger partial charge in [-0.05, 0) is 62.9 Å². The van der Waals surface area contributed by atoms with Crippen molar-refractivity contribution in [2.45, 2.75) is 39.7 Å². The molecule has 0 saturated carbocycles. The van der Waals surface area contributed by atoms with Crippen molar-refractivity contribution in [3.8, 4) is 0 Å². The van der Waals surface area contributed by atoms with E-state index in [1.807, 2.05) is 13.0 Å². The Morgan fingerprint density at radius 2 is 2.16 bits per heavy atom. The number of nitrogens with zero attached hydrogens (tertiary/aromatic N) is 1. The lowest BCUT2D eigenvalue weighted by Crippen LogP contribution is -2.43. The molecule has 2 aliphatic heterocycles. The van der Waals surface area contributed by atoms with Crippen LogP contribution >= 0.6 is 0 Å². The zero-order valence-electron chi connectivity index (χ0n) is 18.1. The fourth-order valence-electron chi connectivity index (χ4n) is 5.03. The molecule has 2 aromatic rings. The van der Waals surface area contributed by atoms with E-state index >= 15 is 0 Å². The molecule has 5 rings (SSSR count). The lowest BCUT2D eigenvalue weighted by atomic mass is 9.98. The highest BCUT2D eigenvalue weighted by molar-refractivity contribution is 6.37. The van der Waals surface area contributed by atoms with Crippen LogP contribution in [0.1, 0.15) is 53.1 Å². The van der Waals surface area contributed by atoms with E-state index in [0.717, 1.165) is 52.4 Å². The number of morpholine rings is 1. The maximum atomic E-state index is 13.0. The van der Waals surface area contributed by atoms with E-state index in [-0.39, 0.29) is 17.9 Å². The molecule has 7 nitrogen and oxygen atoms in total. The number of hydrogen-bond donors (Lipinski definition) is 2. The Kier molecular flexibility index (Phi) is 4.85. The maximum Gasteiger partial charge on any atom is 0.340 e. The normalized spacial score (nSPS) is 22.4. The minimum Gasteiger partial charge on any atom is -0.462 e. The van der Waals surface area contributed by atoms with Crippen LogP contribution in [0.2, 0.25) is 0 Å². The standard InChI is InChI=1S/C24H27N3O4/c1-4-31-24(29)20-14(3)25-22-16(20)6-7-17(22)21-18-11-15(5-8-19(18)26-23(21)28)27-9-10-30-12-13(27)2/h5,8,11,13,25H,4,6-7,9-10,12H2,1-3H3,(H,26,28)/t13-/m1/s1. The number of rotatable bonds is 3. The molecule has 7 heteroatoms. The maximum absolute atomic E-state index is 13.0. The summed E-state index contributed by atoms with van der Waals surface area (Å²) >= 11 is 0.